The summed E-state index contributed by atoms with van der Waals surface area (Å²) in [5.74, 6) is 1.72. The highest BCUT2D eigenvalue weighted by molar-refractivity contribution is 7.04. The third-order valence-corrected chi connectivity index (χ3v) is 14.9. The molecule has 0 saturated heterocycles. The summed E-state index contributed by atoms with van der Waals surface area (Å²) in [7, 11) is -2.14. The summed E-state index contributed by atoms with van der Waals surface area (Å²) in [6.45, 7) is 4.85. The molecule has 7 aromatic carbocycles. The van der Waals surface area contributed by atoms with Crippen LogP contribution in [-0.4, -0.2) is 23.0 Å². The van der Waals surface area contributed by atoms with Crippen molar-refractivity contribution in [2.45, 2.75) is 13.1 Å². The van der Waals surface area contributed by atoms with E-state index in [-0.39, 0.29) is 0 Å². The lowest BCUT2D eigenvalue weighted by Gasteiger charge is -2.19. The number of fused-ring (bicyclic) bond motifs is 13. The molecular formula is C47H29N3O3Si. The van der Waals surface area contributed by atoms with Crippen LogP contribution in [0.15, 0.2) is 153 Å². The van der Waals surface area contributed by atoms with Crippen LogP contribution in [0.3, 0.4) is 0 Å². The normalized spacial score (nSPS) is 13.5. The van der Waals surface area contributed by atoms with Crippen molar-refractivity contribution in [3.63, 3.8) is 0 Å². The molecule has 6 nitrogen and oxygen atoms in total. The van der Waals surface area contributed by atoms with Gasteiger partial charge in [-0.1, -0.05) is 116 Å². The van der Waals surface area contributed by atoms with E-state index in [0.29, 0.717) is 17.5 Å². The zero-order chi connectivity index (χ0) is 35.7. The Labute approximate surface area is 309 Å². The van der Waals surface area contributed by atoms with Gasteiger partial charge in [-0.2, -0.15) is 0 Å². The molecule has 0 radical (unpaired) electrons. The Morgan fingerprint density at radius 3 is 1.43 bits per heavy atom. The second-order valence-electron chi connectivity index (χ2n) is 14.7. The standard InChI is InChI=1S/C47H29N3O3Si/c1-54(2)38-24-10-6-16-29(38)43-39(54)25-32(42-28-15-5-9-21-35(28)53-44(42)43)47-49-45(30-17-11-22-36-40(30)26-13-3-7-19-33(26)51-36)48-46(50-47)31-18-12-23-37-41(31)27-14-4-8-20-34(27)52-37/h3-25H,1-2H3. The first-order chi connectivity index (χ1) is 26.5. The van der Waals surface area contributed by atoms with Gasteiger partial charge in [0.05, 0.1) is 0 Å². The number of hydrogen-bond acceptors (Lipinski definition) is 6. The van der Waals surface area contributed by atoms with Crippen molar-refractivity contribution in [1.29, 1.82) is 0 Å². The lowest BCUT2D eigenvalue weighted by molar-refractivity contribution is 0.668. The summed E-state index contributed by atoms with van der Waals surface area (Å²) in [5.41, 5.74) is 10.1. The van der Waals surface area contributed by atoms with E-state index in [1.54, 1.807) is 0 Å². The van der Waals surface area contributed by atoms with E-state index in [1.165, 1.54) is 21.5 Å². The van der Waals surface area contributed by atoms with E-state index in [9.17, 15) is 0 Å². The molecule has 0 N–H and O–H groups in total. The number of hydrogen-bond donors (Lipinski definition) is 0. The van der Waals surface area contributed by atoms with E-state index in [1.807, 2.05) is 66.7 Å². The van der Waals surface area contributed by atoms with Gasteiger partial charge in [0, 0.05) is 54.6 Å². The van der Waals surface area contributed by atoms with Gasteiger partial charge >= 0.3 is 0 Å². The molecule has 12 rings (SSSR count). The van der Waals surface area contributed by atoms with Crippen LogP contribution in [-0.2, 0) is 0 Å². The molecule has 0 atom stereocenters. The minimum absolute atomic E-state index is 0.568. The lowest BCUT2D eigenvalue weighted by atomic mass is 9.98. The maximum absolute atomic E-state index is 6.85. The number of furan rings is 3. The van der Waals surface area contributed by atoms with Crippen LogP contribution in [0.4, 0.5) is 0 Å². The van der Waals surface area contributed by atoms with Gasteiger partial charge in [-0.15, -0.1) is 0 Å². The molecule has 0 bridgehead atoms. The number of rotatable bonds is 3. The first-order valence-electron chi connectivity index (χ1n) is 18.2. The molecule has 11 aromatic rings. The minimum atomic E-state index is -2.14. The molecule has 0 fully saturated rings. The van der Waals surface area contributed by atoms with Gasteiger partial charge in [-0.25, -0.2) is 15.0 Å². The van der Waals surface area contributed by atoms with Crippen molar-refractivity contribution in [1.82, 2.24) is 15.0 Å². The quantitative estimate of drug-likeness (QED) is 0.170. The molecule has 4 aromatic heterocycles. The third kappa shape index (κ3) is 3.96. The summed E-state index contributed by atoms with van der Waals surface area (Å²) >= 11 is 0. The summed E-state index contributed by atoms with van der Waals surface area (Å²) in [5, 5.41) is 8.74. The van der Waals surface area contributed by atoms with Crippen LogP contribution in [0.5, 0.6) is 0 Å². The van der Waals surface area contributed by atoms with Crippen molar-refractivity contribution in [2.75, 3.05) is 0 Å². The maximum atomic E-state index is 6.85. The number of aromatic nitrogens is 3. The van der Waals surface area contributed by atoms with Crippen molar-refractivity contribution >= 4 is 84.3 Å². The highest BCUT2D eigenvalue weighted by Gasteiger charge is 2.40. The van der Waals surface area contributed by atoms with Gasteiger partial charge in [-0.05, 0) is 52.3 Å². The van der Waals surface area contributed by atoms with Crippen LogP contribution in [0, 0.1) is 0 Å². The van der Waals surface area contributed by atoms with Gasteiger partial charge in [-0.3, -0.25) is 0 Å². The third-order valence-electron chi connectivity index (χ3n) is 11.4. The summed E-state index contributed by atoms with van der Waals surface area (Å²) < 4.78 is 19.6. The SMILES string of the molecule is C[Si]1(C)c2ccccc2-c2c1cc(-c1nc(-c3cccc4oc5ccccc5c34)nc(-c3cccc4oc5ccccc5c34)n1)c1c2oc2ccccc21. The fraction of sp³-hybridized carbons (Fsp3) is 0.0426. The molecule has 7 heteroatoms. The monoisotopic (exact) mass is 711 g/mol. The predicted octanol–water partition coefficient (Wildman–Crippen LogP) is 11.4. The van der Waals surface area contributed by atoms with Gasteiger partial charge in [0.2, 0.25) is 0 Å². The molecule has 0 aliphatic carbocycles. The van der Waals surface area contributed by atoms with E-state index >= 15 is 0 Å². The van der Waals surface area contributed by atoms with E-state index in [0.717, 1.165) is 82.5 Å². The average Bonchev–Trinajstić information content (AvgIpc) is 3.96. The van der Waals surface area contributed by atoms with Crippen molar-refractivity contribution in [2.24, 2.45) is 0 Å². The Balaban J connectivity index is 1.23. The number of para-hydroxylation sites is 3. The largest absolute Gasteiger partial charge is 0.456 e. The zero-order valence-electron chi connectivity index (χ0n) is 29.3. The second kappa shape index (κ2) is 10.6. The lowest BCUT2D eigenvalue weighted by Crippen LogP contribution is -2.49. The summed E-state index contributed by atoms with van der Waals surface area (Å²) in [6.07, 6.45) is 0. The number of benzene rings is 7. The Kier molecular flexibility index (Phi) is 5.84. The van der Waals surface area contributed by atoms with Crippen LogP contribution >= 0.6 is 0 Å². The van der Waals surface area contributed by atoms with Gasteiger partial charge in [0.15, 0.2) is 17.5 Å². The first-order valence-corrected chi connectivity index (χ1v) is 21.2. The summed E-state index contributed by atoms with van der Waals surface area (Å²) in [4.78, 5) is 16.1. The molecule has 5 heterocycles. The smallest absolute Gasteiger partial charge is 0.164 e. The molecular weight excluding hydrogens is 683 g/mol. The average molecular weight is 712 g/mol. The fourth-order valence-electron chi connectivity index (χ4n) is 8.89. The molecule has 0 unspecified atom stereocenters. The van der Waals surface area contributed by atoms with Gasteiger partial charge in [0.25, 0.3) is 0 Å². The van der Waals surface area contributed by atoms with Gasteiger partial charge in [0.1, 0.15) is 41.6 Å². The fourth-order valence-corrected chi connectivity index (χ4v) is 12.0. The minimum Gasteiger partial charge on any atom is -0.456 e. The highest BCUT2D eigenvalue weighted by atomic mass is 28.3. The second-order valence-corrected chi connectivity index (χ2v) is 19.0. The predicted molar refractivity (Wildman–Crippen MR) is 220 cm³/mol. The molecule has 254 valence electrons. The molecule has 1 aliphatic heterocycles. The van der Waals surface area contributed by atoms with Gasteiger partial charge < -0.3 is 13.3 Å². The Morgan fingerprint density at radius 2 is 0.833 bits per heavy atom. The van der Waals surface area contributed by atoms with Crippen LogP contribution in [0.2, 0.25) is 13.1 Å². The Bertz CT molecular complexity index is 3260. The zero-order valence-corrected chi connectivity index (χ0v) is 30.3. The highest BCUT2D eigenvalue weighted by Crippen LogP contribution is 2.45. The van der Waals surface area contributed by atoms with Crippen molar-refractivity contribution in [3.05, 3.63) is 140 Å². The Morgan fingerprint density at radius 1 is 0.389 bits per heavy atom. The molecule has 0 saturated carbocycles. The Hall–Kier alpha value is -6.83. The van der Waals surface area contributed by atoms with E-state index in [4.69, 9.17) is 28.2 Å². The number of nitrogens with zero attached hydrogens (tertiary/aromatic N) is 3. The van der Waals surface area contributed by atoms with Crippen molar-refractivity contribution in [3.8, 4) is 45.3 Å². The van der Waals surface area contributed by atoms with E-state index < -0.39 is 8.07 Å². The summed E-state index contributed by atoms with van der Waals surface area (Å²) in [6, 6.07) is 47.9. The maximum Gasteiger partial charge on any atom is 0.164 e. The van der Waals surface area contributed by atoms with E-state index in [2.05, 4.69) is 85.9 Å². The topological polar surface area (TPSA) is 78.1 Å². The molecule has 54 heavy (non-hydrogen) atoms. The molecule has 1 aliphatic rings. The first kappa shape index (κ1) is 29.7. The van der Waals surface area contributed by atoms with Crippen LogP contribution < -0.4 is 10.4 Å². The van der Waals surface area contributed by atoms with Crippen molar-refractivity contribution < 1.29 is 13.3 Å². The molecule has 0 amide bonds. The molecule has 0 spiro atoms. The van der Waals surface area contributed by atoms with Crippen LogP contribution in [0.1, 0.15) is 0 Å². The van der Waals surface area contributed by atoms with Crippen LogP contribution in [0.25, 0.3) is 111 Å².